The van der Waals surface area contributed by atoms with Crippen molar-refractivity contribution < 1.29 is 0 Å². The van der Waals surface area contributed by atoms with Gasteiger partial charge in [-0.05, 0) is 166 Å². The predicted octanol–water partition coefficient (Wildman–Crippen LogP) is 15.9. The van der Waals surface area contributed by atoms with Crippen molar-refractivity contribution in [3.8, 4) is 35.3 Å². The van der Waals surface area contributed by atoms with Gasteiger partial charge in [-0.2, -0.15) is 0 Å². The van der Waals surface area contributed by atoms with Crippen LogP contribution in [0.5, 0.6) is 0 Å². The maximum Gasteiger partial charge on any atom is 0.0537 e. The minimum Gasteiger partial charge on any atom is -0.311 e. The average Bonchev–Trinajstić information content (AvgIpc) is 3.80. The van der Waals surface area contributed by atoms with Gasteiger partial charge in [-0.15, -0.1) is 12.8 Å². The number of hydrogen-bond acceptors (Lipinski definition) is 1. The summed E-state index contributed by atoms with van der Waals surface area (Å²) in [6.45, 7) is 10.7. The molecule has 0 aliphatic heterocycles. The fraction of sp³-hybridized carbons (Fsp3) is 0.119. The highest BCUT2D eigenvalue weighted by molar-refractivity contribution is 5.92. The van der Waals surface area contributed by atoms with E-state index in [4.69, 9.17) is 0 Å². The molecular weight excluding hydrogens is 751 g/mol. The molecule has 1 aliphatic carbocycles. The first kappa shape index (κ1) is 41.2. The minimum absolute atomic E-state index is 1.09. The van der Waals surface area contributed by atoms with E-state index in [9.17, 15) is 0 Å². The molecule has 0 bridgehead atoms. The number of terminal acetylenes is 1. The first-order chi connectivity index (χ1) is 30.4. The van der Waals surface area contributed by atoms with E-state index in [1.165, 1.54) is 77.8 Å². The number of allylic oxidation sites excluding steroid dienone is 2. The van der Waals surface area contributed by atoms with Crippen LogP contribution in [0.2, 0.25) is 0 Å². The van der Waals surface area contributed by atoms with Crippen LogP contribution in [0.1, 0.15) is 52.5 Å². The number of aromatic nitrogens is 2. The molecule has 0 fully saturated rings. The summed E-state index contributed by atoms with van der Waals surface area (Å²) in [5.41, 5.74) is 20.1. The summed E-state index contributed by atoms with van der Waals surface area (Å²) in [4.78, 5) is 2.35. The molecular formula is C59H53N3. The first-order valence-electron chi connectivity index (χ1n) is 21.5. The van der Waals surface area contributed by atoms with Crippen LogP contribution >= 0.6 is 0 Å². The number of hydrogen-bond donors (Lipinski definition) is 0. The number of aryl methyl sites for hydroxylation is 5. The quantitative estimate of drug-likeness (QED) is 0.146. The van der Waals surface area contributed by atoms with Crippen LogP contribution in [0, 0.1) is 40.5 Å². The van der Waals surface area contributed by atoms with Crippen molar-refractivity contribution in [2.45, 2.75) is 47.5 Å². The van der Waals surface area contributed by atoms with E-state index >= 15 is 0 Å². The second kappa shape index (κ2) is 18.4. The lowest BCUT2D eigenvalue weighted by Crippen LogP contribution is -2.10. The topological polar surface area (TPSA) is 13.1 Å². The summed E-state index contributed by atoms with van der Waals surface area (Å²) in [5, 5.41) is 2.64. The molecule has 7 aromatic carbocycles. The number of para-hydroxylation sites is 2. The first-order valence-corrected chi connectivity index (χ1v) is 21.5. The highest BCUT2D eigenvalue weighted by atomic mass is 15.1. The van der Waals surface area contributed by atoms with Crippen molar-refractivity contribution in [2.24, 2.45) is 0 Å². The summed E-state index contributed by atoms with van der Waals surface area (Å²) < 4.78 is 4.79. The van der Waals surface area contributed by atoms with Crippen molar-refractivity contribution in [2.75, 3.05) is 4.90 Å². The van der Waals surface area contributed by atoms with Gasteiger partial charge in [-0.1, -0.05) is 115 Å². The SMILES string of the molecule is C#C.C/C=C\c1c(C)c2ccccc2n1-c1ccc(N(c2ccc(C)cc2)c2ccc(-n3c4c(c5ccccc53)CCC=C4)cc2)cc1.Cc1ccccc1-c1ccccc1C. The van der Waals surface area contributed by atoms with E-state index in [-0.39, 0.29) is 0 Å². The summed E-state index contributed by atoms with van der Waals surface area (Å²) in [5.74, 6) is 0. The van der Waals surface area contributed by atoms with E-state index in [1.54, 1.807) is 0 Å². The molecule has 2 heterocycles. The van der Waals surface area contributed by atoms with Crippen molar-refractivity contribution in [3.63, 3.8) is 0 Å². The highest BCUT2D eigenvalue weighted by Crippen LogP contribution is 2.39. The lowest BCUT2D eigenvalue weighted by atomic mass is 9.97. The minimum atomic E-state index is 1.09. The smallest absolute Gasteiger partial charge is 0.0537 e. The summed E-state index contributed by atoms with van der Waals surface area (Å²) in [7, 11) is 0. The van der Waals surface area contributed by atoms with Gasteiger partial charge in [-0.25, -0.2) is 0 Å². The molecule has 0 atom stereocenters. The number of benzene rings is 7. The normalized spacial score (nSPS) is 11.8. The highest BCUT2D eigenvalue weighted by Gasteiger charge is 2.20. The molecule has 0 radical (unpaired) electrons. The molecule has 0 amide bonds. The summed E-state index contributed by atoms with van der Waals surface area (Å²) in [6.07, 6.45) is 19.1. The Kier molecular flexibility index (Phi) is 12.2. The van der Waals surface area contributed by atoms with Crippen molar-refractivity contribution in [3.05, 3.63) is 221 Å². The monoisotopic (exact) mass is 803 g/mol. The van der Waals surface area contributed by atoms with E-state index < -0.39 is 0 Å². The molecule has 0 saturated heterocycles. The molecule has 9 aromatic rings. The summed E-state index contributed by atoms with van der Waals surface area (Å²) >= 11 is 0. The number of nitrogens with zero attached hydrogens (tertiary/aromatic N) is 3. The average molecular weight is 804 g/mol. The molecule has 2 aromatic heterocycles. The zero-order chi connectivity index (χ0) is 43.2. The van der Waals surface area contributed by atoms with E-state index in [0.29, 0.717) is 0 Å². The lowest BCUT2D eigenvalue weighted by molar-refractivity contribution is 0.967. The Hall–Kier alpha value is -7.54. The second-order valence-corrected chi connectivity index (χ2v) is 15.9. The van der Waals surface area contributed by atoms with E-state index in [1.807, 2.05) is 0 Å². The third kappa shape index (κ3) is 7.92. The van der Waals surface area contributed by atoms with Crippen LogP contribution in [0.3, 0.4) is 0 Å². The van der Waals surface area contributed by atoms with Gasteiger partial charge < -0.3 is 14.0 Å². The second-order valence-electron chi connectivity index (χ2n) is 15.9. The third-order valence-corrected chi connectivity index (χ3v) is 12.0. The largest absolute Gasteiger partial charge is 0.311 e. The van der Waals surface area contributed by atoms with Gasteiger partial charge in [0.05, 0.1) is 11.0 Å². The zero-order valence-electron chi connectivity index (χ0n) is 36.4. The Morgan fingerprint density at radius 3 is 1.53 bits per heavy atom. The number of rotatable bonds is 7. The number of anilines is 3. The van der Waals surface area contributed by atoms with Crippen LogP contribution < -0.4 is 4.90 Å². The lowest BCUT2D eigenvalue weighted by Gasteiger charge is -2.26. The van der Waals surface area contributed by atoms with Gasteiger partial charge in [-0.3, -0.25) is 0 Å². The van der Waals surface area contributed by atoms with Gasteiger partial charge >= 0.3 is 0 Å². The molecule has 0 saturated carbocycles. The van der Waals surface area contributed by atoms with Gasteiger partial charge in [0, 0.05) is 50.6 Å². The van der Waals surface area contributed by atoms with Gasteiger partial charge in [0.25, 0.3) is 0 Å². The Bertz CT molecular complexity index is 2960. The van der Waals surface area contributed by atoms with Crippen molar-refractivity contribution in [1.82, 2.24) is 9.13 Å². The Labute approximate surface area is 367 Å². The standard InChI is InChI=1S/C43H37N3.C14H14.C2H2/c1-4-11-40-31(3)37-12-5-8-15-41(37)45(40)35-26-22-33(23-27-35)44(32-20-18-30(2)19-21-32)34-24-28-36(29-25-34)46-42-16-9-6-13-38(42)39-14-7-10-17-43(39)46;1-11-7-3-5-9-13(11)14-10-6-4-8-12(14)2;1-2/h4-6,8-13,15-29H,7,14H2,1-3H3;3-10H,1-2H3;1-2H/b11-4-;;. The van der Waals surface area contributed by atoms with E-state index in [0.717, 1.165) is 35.6 Å². The molecule has 1 aliphatic rings. The molecule has 0 spiro atoms. The fourth-order valence-electron chi connectivity index (χ4n) is 8.91. The van der Waals surface area contributed by atoms with Crippen molar-refractivity contribution >= 4 is 51.0 Å². The molecule has 10 rings (SSSR count). The number of fused-ring (bicyclic) bond motifs is 4. The van der Waals surface area contributed by atoms with Crippen LogP contribution in [0.15, 0.2) is 182 Å². The molecule has 0 N–H and O–H groups in total. The Morgan fingerprint density at radius 1 is 0.516 bits per heavy atom. The fourth-order valence-corrected chi connectivity index (χ4v) is 8.91. The van der Waals surface area contributed by atoms with Crippen molar-refractivity contribution in [1.29, 1.82) is 0 Å². The zero-order valence-corrected chi connectivity index (χ0v) is 36.4. The molecule has 3 heteroatoms. The Balaban J connectivity index is 0.000000279. The maximum absolute atomic E-state index is 4.00. The third-order valence-electron chi connectivity index (χ3n) is 12.0. The predicted molar refractivity (Wildman–Crippen MR) is 268 cm³/mol. The van der Waals surface area contributed by atoms with Crippen LogP contribution in [0.4, 0.5) is 17.1 Å². The van der Waals surface area contributed by atoms with Crippen LogP contribution in [-0.4, -0.2) is 9.13 Å². The van der Waals surface area contributed by atoms with Gasteiger partial charge in [0.15, 0.2) is 0 Å². The van der Waals surface area contributed by atoms with Gasteiger partial charge in [0.2, 0.25) is 0 Å². The van der Waals surface area contributed by atoms with Gasteiger partial charge in [0.1, 0.15) is 0 Å². The van der Waals surface area contributed by atoms with E-state index in [2.05, 4.69) is 256 Å². The molecule has 3 nitrogen and oxygen atoms in total. The molecule has 0 unspecified atom stereocenters. The molecule has 62 heavy (non-hydrogen) atoms. The summed E-state index contributed by atoms with van der Waals surface area (Å²) in [6, 6.07) is 61.3. The van der Waals surface area contributed by atoms with Crippen LogP contribution in [-0.2, 0) is 6.42 Å². The Morgan fingerprint density at radius 2 is 0.984 bits per heavy atom. The van der Waals surface area contributed by atoms with Crippen LogP contribution in [0.25, 0.3) is 56.5 Å². The maximum atomic E-state index is 4.00. The molecule has 304 valence electrons.